The fraction of sp³-hybridized carbons (Fsp3) is 0.450. The number of pyridine rings is 1. The van der Waals surface area contributed by atoms with Gasteiger partial charge in [-0.15, -0.1) is 0 Å². The van der Waals surface area contributed by atoms with Crippen LogP contribution in [0.3, 0.4) is 0 Å². The molecule has 0 unspecified atom stereocenters. The van der Waals surface area contributed by atoms with Crippen molar-refractivity contribution in [1.82, 2.24) is 14.8 Å². The Kier molecular flexibility index (Phi) is 6.59. The van der Waals surface area contributed by atoms with Gasteiger partial charge in [0.1, 0.15) is 5.76 Å². The molecule has 7 nitrogen and oxygen atoms in total. The molecule has 1 aliphatic rings. The van der Waals surface area contributed by atoms with E-state index in [1.165, 1.54) is 0 Å². The number of aliphatic carboxylic acids is 1. The van der Waals surface area contributed by atoms with Crippen molar-refractivity contribution in [2.75, 3.05) is 19.6 Å². The molecule has 1 amide bonds. The highest BCUT2D eigenvalue weighted by Gasteiger charge is 2.27. The van der Waals surface area contributed by atoms with Crippen LogP contribution in [0.5, 0.6) is 0 Å². The van der Waals surface area contributed by atoms with Crippen molar-refractivity contribution in [2.45, 2.75) is 32.4 Å². The molecular formula is C20H25N3O4. The lowest BCUT2D eigenvalue weighted by molar-refractivity contribution is -0.145. The van der Waals surface area contributed by atoms with Crippen molar-refractivity contribution in [1.29, 1.82) is 0 Å². The number of carboxylic acids is 1. The predicted molar refractivity (Wildman–Crippen MR) is 98.6 cm³/mol. The third-order valence-corrected chi connectivity index (χ3v) is 4.91. The van der Waals surface area contributed by atoms with Crippen LogP contribution in [0.15, 0.2) is 47.2 Å². The molecule has 0 aliphatic carbocycles. The molecule has 2 aromatic rings. The summed E-state index contributed by atoms with van der Waals surface area (Å²) in [6.45, 7) is 2.88. The first-order chi connectivity index (χ1) is 13.1. The quantitative estimate of drug-likeness (QED) is 0.767. The van der Waals surface area contributed by atoms with E-state index in [1.807, 2.05) is 30.3 Å². The first-order valence-electron chi connectivity index (χ1n) is 9.27. The normalized spacial score (nSPS) is 15.2. The van der Waals surface area contributed by atoms with Gasteiger partial charge in [-0.1, -0.05) is 6.07 Å². The summed E-state index contributed by atoms with van der Waals surface area (Å²) >= 11 is 0. The van der Waals surface area contributed by atoms with E-state index in [0.29, 0.717) is 52.0 Å². The first-order valence-corrected chi connectivity index (χ1v) is 9.27. The molecule has 0 aromatic carbocycles. The van der Waals surface area contributed by atoms with Crippen LogP contribution in [-0.4, -0.2) is 51.4 Å². The number of aromatic nitrogens is 1. The summed E-state index contributed by atoms with van der Waals surface area (Å²) in [7, 11) is 0. The molecular weight excluding hydrogens is 346 g/mol. The summed E-state index contributed by atoms with van der Waals surface area (Å²) in [6.07, 6.45) is 4.87. The number of carbonyl (C=O) groups excluding carboxylic acids is 1. The molecule has 0 radical (unpaired) electrons. The van der Waals surface area contributed by atoms with Crippen LogP contribution in [0.2, 0.25) is 0 Å². The van der Waals surface area contributed by atoms with Crippen molar-refractivity contribution in [3.05, 3.63) is 54.2 Å². The van der Waals surface area contributed by atoms with Crippen LogP contribution in [-0.2, 0) is 22.7 Å². The molecule has 0 atom stereocenters. The molecule has 1 fully saturated rings. The summed E-state index contributed by atoms with van der Waals surface area (Å²) < 4.78 is 5.45. The predicted octanol–water partition coefficient (Wildman–Crippen LogP) is 2.39. The lowest BCUT2D eigenvalue weighted by atomic mass is 9.97. The summed E-state index contributed by atoms with van der Waals surface area (Å²) in [6, 6.07) is 9.57. The Balaban J connectivity index is 1.54. The van der Waals surface area contributed by atoms with Gasteiger partial charge in [0.15, 0.2) is 0 Å². The van der Waals surface area contributed by atoms with E-state index in [-0.39, 0.29) is 11.8 Å². The van der Waals surface area contributed by atoms with Gasteiger partial charge < -0.3 is 14.4 Å². The standard InChI is InChI=1S/C20H25N3O4/c24-19(23-11-6-16(7-12-23)20(25)26)8-10-22(15-18-5-3-13-27-18)14-17-4-1-2-9-21-17/h1-5,9,13,16H,6-8,10-12,14-15H2,(H,25,26). The molecule has 0 spiro atoms. The lowest BCUT2D eigenvalue weighted by Gasteiger charge is -2.31. The molecule has 1 aliphatic heterocycles. The number of carbonyl (C=O) groups is 2. The summed E-state index contributed by atoms with van der Waals surface area (Å²) in [5.41, 5.74) is 0.943. The number of likely N-dealkylation sites (tertiary alicyclic amines) is 1. The van der Waals surface area contributed by atoms with Gasteiger partial charge in [-0.05, 0) is 37.1 Å². The van der Waals surface area contributed by atoms with Gasteiger partial charge in [-0.3, -0.25) is 19.5 Å². The fourth-order valence-corrected chi connectivity index (χ4v) is 3.35. The van der Waals surface area contributed by atoms with Gasteiger partial charge >= 0.3 is 5.97 Å². The smallest absolute Gasteiger partial charge is 0.306 e. The summed E-state index contributed by atoms with van der Waals surface area (Å²) in [4.78, 5) is 31.9. The van der Waals surface area contributed by atoms with Gasteiger partial charge in [-0.25, -0.2) is 0 Å². The number of hydrogen-bond donors (Lipinski definition) is 1. The molecule has 2 aromatic heterocycles. The lowest BCUT2D eigenvalue weighted by Crippen LogP contribution is -2.41. The molecule has 0 saturated carbocycles. The second-order valence-electron chi connectivity index (χ2n) is 6.85. The van der Waals surface area contributed by atoms with Gasteiger partial charge in [0.25, 0.3) is 0 Å². The van der Waals surface area contributed by atoms with Crippen LogP contribution in [0, 0.1) is 5.92 Å². The van der Waals surface area contributed by atoms with Crippen LogP contribution in [0.4, 0.5) is 0 Å². The van der Waals surface area contributed by atoms with E-state index >= 15 is 0 Å². The zero-order valence-electron chi connectivity index (χ0n) is 15.3. The van der Waals surface area contributed by atoms with Crippen molar-refractivity contribution in [3.63, 3.8) is 0 Å². The fourth-order valence-electron chi connectivity index (χ4n) is 3.35. The number of hydrogen-bond acceptors (Lipinski definition) is 5. The van der Waals surface area contributed by atoms with Gasteiger partial charge in [0.2, 0.25) is 5.91 Å². The number of piperidine rings is 1. The second-order valence-corrected chi connectivity index (χ2v) is 6.85. The van der Waals surface area contributed by atoms with Crippen LogP contribution >= 0.6 is 0 Å². The summed E-state index contributed by atoms with van der Waals surface area (Å²) in [5, 5.41) is 9.08. The monoisotopic (exact) mass is 371 g/mol. The minimum Gasteiger partial charge on any atom is -0.481 e. The minimum absolute atomic E-state index is 0.0734. The molecule has 0 bridgehead atoms. The largest absolute Gasteiger partial charge is 0.481 e. The number of carboxylic acid groups (broad SMARTS) is 1. The van der Waals surface area contributed by atoms with Gasteiger partial charge in [0.05, 0.1) is 24.4 Å². The topological polar surface area (TPSA) is 86.9 Å². The average Bonchev–Trinajstić information content (AvgIpc) is 3.20. The highest BCUT2D eigenvalue weighted by Crippen LogP contribution is 2.18. The highest BCUT2D eigenvalue weighted by atomic mass is 16.4. The molecule has 27 heavy (non-hydrogen) atoms. The maximum Gasteiger partial charge on any atom is 0.306 e. The van der Waals surface area contributed by atoms with E-state index in [2.05, 4.69) is 9.88 Å². The molecule has 3 heterocycles. The maximum atomic E-state index is 12.5. The van der Waals surface area contributed by atoms with Crippen molar-refractivity contribution in [3.8, 4) is 0 Å². The minimum atomic E-state index is -0.762. The zero-order valence-corrected chi connectivity index (χ0v) is 15.3. The number of amides is 1. The molecule has 144 valence electrons. The van der Waals surface area contributed by atoms with E-state index < -0.39 is 5.97 Å². The van der Waals surface area contributed by atoms with E-state index in [4.69, 9.17) is 9.52 Å². The SMILES string of the molecule is O=C(O)C1CCN(C(=O)CCN(Cc2ccccn2)Cc2ccco2)CC1. The molecule has 1 saturated heterocycles. The Hall–Kier alpha value is -2.67. The van der Waals surface area contributed by atoms with E-state index in [0.717, 1.165) is 11.5 Å². The third kappa shape index (κ3) is 5.65. The Bertz CT molecular complexity index is 725. The summed E-state index contributed by atoms with van der Waals surface area (Å²) in [5.74, 6) is -0.166. The molecule has 1 N–H and O–H groups in total. The van der Waals surface area contributed by atoms with E-state index in [1.54, 1.807) is 17.4 Å². The molecule has 7 heteroatoms. The van der Waals surface area contributed by atoms with Crippen molar-refractivity contribution in [2.24, 2.45) is 5.92 Å². The van der Waals surface area contributed by atoms with Gasteiger partial charge in [0, 0.05) is 38.8 Å². The maximum absolute atomic E-state index is 12.5. The van der Waals surface area contributed by atoms with Crippen LogP contribution < -0.4 is 0 Å². The Morgan fingerprint density at radius 3 is 2.63 bits per heavy atom. The number of nitrogens with zero attached hydrogens (tertiary/aromatic N) is 3. The van der Waals surface area contributed by atoms with Crippen molar-refractivity contribution < 1.29 is 19.1 Å². The average molecular weight is 371 g/mol. The van der Waals surface area contributed by atoms with E-state index in [9.17, 15) is 9.59 Å². The first kappa shape index (κ1) is 19.1. The second kappa shape index (κ2) is 9.32. The number of rotatable bonds is 8. The zero-order chi connectivity index (χ0) is 19.1. The number of furan rings is 1. The Labute approximate surface area is 158 Å². The van der Waals surface area contributed by atoms with Crippen LogP contribution in [0.1, 0.15) is 30.7 Å². The Morgan fingerprint density at radius 2 is 2.00 bits per heavy atom. The van der Waals surface area contributed by atoms with Crippen LogP contribution in [0.25, 0.3) is 0 Å². The van der Waals surface area contributed by atoms with Crippen molar-refractivity contribution >= 4 is 11.9 Å². The van der Waals surface area contributed by atoms with Gasteiger partial charge in [-0.2, -0.15) is 0 Å². The molecule has 3 rings (SSSR count). The highest BCUT2D eigenvalue weighted by molar-refractivity contribution is 5.77. The third-order valence-electron chi connectivity index (χ3n) is 4.91. The Morgan fingerprint density at radius 1 is 1.19 bits per heavy atom.